The Morgan fingerprint density at radius 3 is 2.45 bits per heavy atom. The molecule has 1 fully saturated rings. The van der Waals surface area contributed by atoms with E-state index in [4.69, 9.17) is 32.7 Å². The van der Waals surface area contributed by atoms with Gasteiger partial charge in [0, 0.05) is 52.8 Å². The fourth-order valence-corrected chi connectivity index (χ4v) is 5.55. The van der Waals surface area contributed by atoms with Gasteiger partial charge < -0.3 is 14.8 Å². The molecular weight excluding hydrogens is 487 g/mol. The maximum atomic E-state index is 14.0. The Morgan fingerprint density at radius 1 is 1.15 bits per heavy atom. The van der Waals surface area contributed by atoms with Gasteiger partial charge in [0.05, 0.1) is 16.8 Å². The molecule has 2 aromatic rings. The zero-order chi connectivity index (χ0) is 24.2. The van der Waals surface area contributed by atoms with Crippen LogP contribution in [0.2, 0.25) is 10.0 Å². The van der Waals surface area contributed by atoms with Crippen molar-refractivity contribution >= 4 is 56.7 Å². The predicted molar refractivity (Wildman–Crippen MR) is 131 cm³/mol. The number of hydrogen-bond acceptors (Lipinski definition) is 5. The molecule has 10 heteroatoms. The molecule has 0 aliphatic carbocycles. The van der Waals surface area contributed by atoms with Gasteiger partial charge in [-0.05, 0) is 54.4 Å². The number of methoxy groups -OCH3 is 2. The summed E-state index contributed by atoms with van der Waals surface area (Å²) in [6.07, 6.45) is 1.71. The van der Waals surface area contributed by atoms with Crippen LogP contribution >= 0.6 is 23.2 Å². The molecule has 7 nitrogen and oxygen atoms in total. The molecule has 2 atom stereocenters. The molecule has 0 radical (unpaired) electrons. The maximum Gasteiger partial charge on any atom is 0.263 e. The van der Waals surface area contributed by atoms with Crippen LogP contribution in [0.5, 0.6) is 5.75 Å². The molecule has 0 saturated carbocycles. The van der Waals surface area contributed by atoms with E-state index >= 15 is 0 Å². The van der Waals surface area contributed by atoms with Gasteiger partial charge in [0.1, 0.15) is 11.8 Å². The van der Waals surface area contributed by atoms with Gasteiger partial charge in [-0.3, -0.25) is 9.59 Å². The SMILES string of the molecule is C=S(=O)(c1ccc(Cl)cc1)N1C(=O)/C(=C/c2cc(Cl)ccc2OC)CNC(=O)C1CCOC. The first-order valence-electron chi connectivity index (χ1n) is 9.96. The molecule has 0 aromatic heterocycles. The zero-order valence-electron chi connectivity index (χ0n) is 18.2. The Labute approximate surface area is 203 Å². The van der Waals surface area contributed by atoms with Gasteiger partial charge in [0.2, 0.25) is 5.91 Å². The van der Waals surface area contributed by atoms with Crippen LogP contribution in [0.1, 0.15) is 12.0 Å². The van der Waals surface area contributed by atoms with E-state index < -0.39 is 27.6 Å². The van der Waals surface area contributed by atoms with E-state index in [1.807, 2.05) is 0 Å². The second kappa shape index (κ2) is 10.6. The molecule has 0 bridgehead atoms. The topological polar surface area (TPSA) is 84.9 Å². The average molecular weight is 511 g/mol. The summed E-state index contributed by atoms with van der Waals surface area (Å²) >= 11 is 12.1. The number of carbonyl (C=O) groups is 2. The lowest BCUT2D eigenvalue weighted by atomic mass is 10.1. The van der Waals surface area contributed by atoms with Crippen molar-refractivity contribution in [2.45, 2.75) is 17.4 Å². The molecule has 1 aliphatic heterocycles. The van der Waals surface area contributed by atoms with Crippen molar-refractivity contribution in [1.82, 2.24) is 9.62 Å². The summed E-state index contributed by atoms with van der Waals surface area (Å²) in [5.41, 5.74) is 0.745. The molecule has 0 spiro atoms. The summed E-state index contributed by atoms with van der Waals surface area (Å²) in [4.78, 5) is 27.0. The zero-order valence-corrected chi connectivity index (χ0v) is 20.5. The largest absolute Gasteiger partial charge is 0.496 e. The van der Waals surface area contributed by atoms with Crippen molar-refractivity contribution < 1.29 is 23.3 Å². The predicted octanol–water partition coefficient (Wildman–Crippen LogP) is 3.44. The van der Waals surface area contributed by atoms with Gasteiger partial charge in [-0.1, -0.05) is 23.2 Å². The Morgan fingerprint density at radius 2 is 1.82 bits per heavy atom. The lowest BCUT2D eigenvalue weighted by Crippen LogP contribution is -2.49. The number of amides is 2. The van der Waals surface area contributed by atoms with Crippen LogP contribution in [0.3, 0.4) is 0 Å². The fraction of sp³-hybridized carbons (Fsp3) is 0.261. The van der Waals surface area contributed by atoms with E-state index in [1.54, 1.807) is 36.4 Å². The Bertz CT molecular complexity index is 1180. The van der Waals surface area contributed by atoms with Crippen LogP contribution in [0, 0.1) is 0 Å². The van der Waals surface area contributed by atoms with Gasteiger partial charge in [-0.2, -0.15) is 0 Å². The van der Waals surface area contributed by atoms with Gasteiger partial charge in [0.25, 0.3) is 5.91 Å². The summed E-state index contributed by atoms with van der Waals surface area (Å²) in [5, 5.41) is 3.64. The average Bonchev–Trinajstić information content (AvgIpc) is 2.90. The molecule has 1 N–H and O–H groups in total. The molecule has 1 saturated heterocycles. The van der Waals surface area contributed by atoms with Crippen molar-refractivity contribution in [2.75, 3.05) is 27.4 Å². The highest BCUT2D eigenvalue weighted by Gasteiger charge is 2.40. The third-order valence-corrected chi connectivity index (χ3v) is 7.68. The summed E-state index contributed by atoms with van der Waals surface area (Å²) < 4.78 is 25.5. The highest BCUT2D eigenvalue weighted by Crippen LogP contribution is 2.29. The smallest absolute Gasteiger partial charge is 0.263 e. The number of nitrogens with zero attached hydrogens (tertiary/aromatic N) is 1. The minimum Gasteiger partial charge on any atom is -0.496 e. The van der Waals surface area contributed by atoms with E-state index in [2.05, 4.69) is 11.2 Å². The number of benzene rings is 2. The normalized spacial score (nSPS) is 19.7. The van der Waals surface area contributed by atoms with Gasteiger partial charge >= 0.3 is 0 Å². The second-order valence-corrected chi connectivity index (χ2v) is 10.3. The number of halogens is 2. The molecular formula is C23H24Cl2N2O5S. The number of rotatable bonds is 7. The van der Waals surface area contributed by atoms with Crippen molar-refractivity contribution in [3.8, 4) is 5.75 Å². The van der Waals surface area contributed by atoms with Crippen LogP contribution in [0.15, 0.2) is 52.9 Å². The Hall–Kier alpha value is -2.52. The lowest BCUT2D eigenvalue weighted by Gasteiger charge is -2.31. The van der Waals surface area contributed by atoms with Crippen molar-refractivity contribution in [3.05, 3.63) is 63.6 Å². The molecule has 2 aromatic carbocycles. The Kier molecular flexibility index (Phi) is 8.07. The first-order valence-corrected chi connectivity index (χ1v) is 12.4. The van der Waals surface area contributed by atoms with Crippen LogP contribution in [-0.4, -0.2) is 59.6 Å². The highest BCUT2D eigenvalue weighted by atomic mass is 35.5. The Balaban J connectivity index is 2.15. The first kappa shape index (κ1) is 25.1. The number of ether oxygens (including phenoxy) is 2. The van der Waals surface area contributed by atoms with E-state index in [0.29, 0.717) is 21.4 Å². The van der Waals surface area contributed by atoms with Gasteiger partial charge in [0.15, 0.2) is 0 Å². The first-order chi connectivity index (χ1) is 15.7. The second-order valence-electron chi connectivity index (χ2n) is 7.30. The quantitative estimate of drug-likeness (QED) is 0.455. The van der Waals surface area contributed by atoms with Gasteiger partial charge in [-0.25, -0.2) is 8.51 Å². The number of nitrogens with one attached hydrogen (secondary N) is 1. The van der Waals surface area contributed by atoms with Crippen LogP contribution in [0.4, 0.5) is 0 Å². The monoisotopic (exact) mass is 510 g/mol. The third-order valence-electron chi connectivity index (χ3n) is 5.13. The number of carbonyl (C=O) groups excluding carboxylic acids is 2. The summed E-state index contributed by atoms with van der Waals surface area (Å²) in [6, 6.07) is 10.1. The van der Waals surface area contributed by atoms with Crippen LogP contribution in [-0.2, 0) is 24.0 Å². The summed E-state index contributed by atoms with van der Waals surface area (Å²) in [7, 11) is -0.420. The summed E-state index contributed by atoms with van der Waals surface area (Å²) in [6.45, 7) is 0.114. The van der Waals surface area contributed by atoms with Crippen LogP contribution in [0.25, 0.3) is 6.08 Å². The van der Waals surface area contributed by atoms with Crippen molar-refractivity contribution in [3.63, 3.8) is 0 Å². The maximum absolute atomic E-state index is 14.0. The highest BCUT2D eigenvalue weighted by molar-refractivity contribution is 7.98. The van der Waals surface area contributed by atoms with E-state index in [9.17, 15) is 13.8 Å². The molecule has 2 unspecified atom stereocenters. The third kappa shape index (κ3) is 5.52. The molecule has 2 amide bonds. The van der Waals surface area contributed by atoms with Gasteiger partial charge in [-0.15, -0.1) is 0 Å². The molecule has 33 heavy (non-hydrogen) atoms. The molecule has 1 heterocycles. The fourth-order valence-electron chi connectivity index (χ4n) is 3.46. The standard InChI is InChI=1S/C23H24Cl2N2O5S/c1-31-11-10-20-22(28)26-14-16(12-15-13-18(25)6-9-21(15)32-2)23(29)27(20)33(3,30)19-7-4-17(24)5-8-19/h4-9,12-13,20H,3,10-11,14H2,1-2H3,(H,26,28)/b16-12+. The van der Waals surface area contributed by atoms with E-state index in [-0.39, 0.29) is 30.0 Å². The van der Waals surface area contributed by atoms with Crippen molar-refractivity contribution in [2.24, 2.45) is 0 Å². The molecule has 176 valence electrons. The van der Waals surface area contributed by atoms with Crippen LogP contribution < -0.4 is 10.1 Å². The van der Waals surface area contributed by atoms with E-state index in [0.717, 1.165) is 4.31 Å². The lowest BCUT2D eigenvalue weighted by molar-refractivity contribution is -0.131. The number of hydrogen-bond donors (Lipinski definition) is 1. The molecule has 1 aliphatic rings. The van der Waals surface area contributed by atoms with E-state index in [1.165, 1.54) is 26.4 Å². The van der Waals surface area contributed by atoms with Crippen molar-refractivity contribution in [1.29, 1.82) is 0 Å². The summed E-state index contributed by atoms with van der Waals surface area (Å²) in [5.74, 6) is 3.31. The molecule has 3 rings (SSSR count). The minimum atomic E-state index is -3.40. The minimum absolute atomic E-state index is 0.0660.